The van der Waals surface area contributed by atoms with Gasteiger partial charge in [-0.05, 0) is 62.4 Å². The number of sulfonamides is 1. The average molecular weight is 389 g/mol. The molecular formula is C19H23N3O4S. The van der Waals surface area contributed by atoms with E-state index < -0.39 is 16.0 Å². The molecule has 3 rings (SSSR count). The Morgan fingerprint density at radius 1 is 1.07 bits per heavy atom. The van der Waals surface area contributed by atoms with Crippen molar-refractivity contribution in [2.75, 3.05) is 22.7 Å². The molecule has 2 heterocycles. The summed E-state index contributed by atoms with van der Waals surface area (Å²) in [6.45, 7) is 7.01. The summed E-state index contributed by atoms with van der Waals surface area (Å²) in [5.41, 5.74) is 2.64. The van der Waals surface area contributed by atoms with E-state index in [1.54, 1.807) is 13.0 Å². The molecule has 0 bridgehead atoms. The van der Waals surface area contributed by atoms with Gasteiger partial charge in [0.15, 0.2) is 0 Å². The molecule has 1 fully saturated rings. The van der Waals surface area contributed by atoms with Crippen LogP contribution in [0.5, 0.6) is 0 Å². The highest BCUT2D eigenvalue weighted by atomic mass is 32.2. The van der Waals surface area contributed by atoms with Crippen molar-refractivity contribution in [3.05, 3.63) is 46.6 Å². The smallest absolute Gasteiger partial charge is 0.339 e. The lowest BCUT2D eigenvalue weighted by Crippen LogP contribution is -2.23. The zero-order valence-electron chi connectivity index (χ0n) is 15.6. The molecule has 1 aromatic carbocycles. The highest BCUT2D eigenvalue weighted by Gasteiger charge is 2.23. The minimum absolute atomic E-state index is 0.00564. The summed E-state index contributed by atoms with van der Waals surface area (Å²) in [6, 6.07) is 4.77. The monoisotopic (exact) mass is 389 g/mol. The third kappa shape index (κ3) is 3.90. The minimum Gasteiger partial charge on any atom is -0.478 e. The van der Waals surface area contributed by atoms with E-state index >= 15 is 0 Å². The van der Waals surface area contributed by atoms with Gasteiger partial charge in [0.25, 0.3) is 10.0 Å². The molecule has 7 nitrogen and oxygen atoms in total. The number of nitrogens with zero attached hydrogens (tertiary/aromatic N) is 2. The molecule has 1 saturated heterocycles. The molecular weight excluding hydrogens is 366 g/mol. The number of carbonyl (C=O) groups is 1. The van der Waals surface area contributed by atoms with Crippen LogP contribution in [-0.2, 0) is 10.0 Å². The topological polar surface area (TPSA) is 99.6 Å². The molecule has 0 radical (unpaired) electrons. The summed E-state index contributed by atoms with van der Waals surface area (Å²) >= 11 is 0. The summed E-state index contributed by atoms with van der Waals surface area (Å²) in [6.07, 6.45) is 3.34. The summed E-state index contributed by atoms with van der Waals surface area (Å²) in [4.78, 5) is 18.0. The second kappa shape index (κ2) is 7.19. The van der Waals surface area contributed by atoms with Crippen molar-refractivity contribution in [3.63, 3.8) is 0 Å². The third-order valence-electron chi connectivity index (χ3n) is 4.84. The van der Waals surface area contributed by atoms with E-state index in [1.807, 2.05) is 24.8 Å². The zero-order chi connectivity index (χ0) is 19.8. The number of rotatable bonds is 5. The van der Waals surface area contributed by atoms with Crippen LogP contribution < -0.4 is 9.62 Å². The van der Waals surface area contributed by atoms with Crippen LogP contribution in [0.25, 0.3) is 0 Å². The Balaban J connectivity index is 1.96. The lowest BCUT2D eigenvalue weighted by atomic mass is 10.1. The quantitative estimate of drug-likeness (QED) is 0.815. The zero-order valence-corrected chi connectivity index (χ0v) is 16.4. The van der Waals surface area contributed by atoms with Gasteiger partial charge in [-0.2, -0.15) is 0 Å². The maximum absolute atomic E-state index is 12.8. The number of aromatic nitrogens is 1. The number of hydrogen-bond acceptors (Lipinski definition) is 5. The Morgan fingerprint density at radius 2 is 1.70 bits per heavy atom. The molecule has 0 spiro atoms. The van der Waals surface area contributed by atoms with E-state index in [0.717, 1.165) is 37.1 Å². The Kier molecular flexibility index (Phi) is 5.10. The largest absolute Gasteiger partial charge is 0.478 e. The Bertz CT molecular complexity index is 996. The molecule has 0 unspecified atom stereocenters. The van der Waals surface area contributed by atoms with E-state index in [9.17, 15) is 18.3 Å². The molecule has 1 aliphatic rings. The Labute approximate surface area is 159 Å². The molecule has 1 aromatic heterocycles. The fourth-order valence-electron chi connectivity index (χ4n) is 3.29. The second-order valence-corrected chi connectivity index (χ2v) is 8.55. The number of hydrogen-bond donors (Lipinski definition) is 2. The molecule has 0 saturated carbocycles. The van der Waals surface area contributed by atoms with Gasteiger partial charge in [0.1, 0.15) is 11.4 Å². The van der Waals surface area contributed by atoms with Gasteiger partial charge < -0.3 is 10.0 Å². The Morgan fingerprint density at radius 3 is 2.33 bits per heavy atom. The van der Waals surface area contributed by atoms with Gasteiger partial charge in [0, 0.05) is 13.1 Å². The van der Waals surface area contributed by atoms with Crippen molar-refractivity contribution < 1.29 is 18.3 Å². The molecule has 1 aliphatic heterocycles. The summed E-state index contributed by atoms with van der Waals surface area (Å²) in [7, 11) is -3.85. The standard InChI is InChI=1S/C19H23N3O4S/c1-12-8-14(3)17(9-13(12)2)27(25,26)21-15-10-16(19(23)24)18(20-11-15)22-6-4-5-7-22/h8-11,21H,4-7H2,1-3H3,(H,23,24). The van der Waals surface area contributed by atoms with Crippen LogP contribution in [0.4, 0.5) is 11.5 Å². The van der Waals surface area contributed by atoms with E-state index in [4.69, 9.17) is 0 Å². The lowest BCUT2D eigenvalue weighted by Gasteiger charge is -2.19. The van der Waals surface area contributed by atoms with Crippen LogP contribution in [-0.4, -0.2) is 37.6 Å². The third-order valence-corrected chi connectivity index (χ3v) is 6.36. The number of carboxylic acid groups (broad SMARTS) is 1. The first kappa shape index (κ1) is 19.2. The maximum Gasteiger partial charge on any atom is 0.339 e. The molecule has 27 heavy (non-hydrogen) atoms. The summed E-state index contributed by atoms with van der Waals surface area (Å²) in [5, 5.41) is 9.53. The predicted molar refractivity (Wildman–Crippen MR) is 104 cm³/mol. The molecule has 0 aliphatic carbocycles. The molecule has 144 valence electrons. The van der Waals surface area contributed by atoms with Crippen LogP contribution in [0.1, 0.15) is 39.9 Å². The molecule has 2 aromatic rings. The van der Waals surface area contributed by atoms with Crippen molar-refractivity contribution >= 4 is 27.5 Å². The maximum atomic E-state index is 12.8. The van der Waals surface area contributed by atoms with Crippen molar-refractivity contribution in [2.24, 2.45) is 0 Å². The van der Waals surface area contributed by atoms with E-state index in [2.05, 4.69) is 9.71 Å². The average Bonchev–Trinajstić information content (AvgIpc) is 3.12. The van der Waals surface area contributed by atoms with E-state index in [0.29, 0.717) is 11.4 Å². The van der Waals surface area contributed by atoms with Gasteiger partial charge in [-0.15, -0.1) is 0 Å². The molecule has 0 atom stereocenters. The van der Waals surface area contributed by atoms with Crippen LogP contribution in [0.2, 0.25) is 0 Å². The SMILES string of the molecule is Cc1cc(C)c(S(=O)(=O)Nc2cnc(N3CCCC3)c(C(=O)O)c2)cc1C. The van der Waals surface area contributed by atoms with Crippen LogP contribution >= 0.6 is 0 Å². The van der Waals surface area contributed by atoms with Crippen molar-refractivity contribution in [1.29, 1.82) is 0 Å². The lowest BCUT2D eigenvalue weighted by molar-refractivity contribution is 0.0697. The van der Waals surface area contributed by atoms with Gasteiger partial charge in [0.2, 0.25) is 0 Å². The Hall–Kier alpha value is -2.61. The first-order valence-electron chi connectivity index (χ1n) is 8.78. The normalized spacial score (nSPS) is 14.4. The van der Waals surface area contributed by atoms with Crippen molar-refractivity contribution in [1.82, 2.24) is 4.98 Å². The van der Waals surface area contributed by atoms with Gasteiger partial charge in [-0.1, -0.05) is 6.07 Å². The van der Waals surface area contributed by atoms with Crippen LogP contribution in [0.3, 0.4) is 0 Å². The number of aryl methyl sites for hydroxylation is 3. The number of benzene rings is 1. The number of pyridine rings is 1. The minimum atomic E-state index is -3.85. The number of anilines is 2. The second-order valence-electron chi connectivity index (χ2n) is 6.90. The van der Waals surface area contributed by atoms with Gasteiger partial charge in [-0.3, -0.25) is 4.72 Å². The predicted octanol–water partition coefficient (Wildman–Crippen LogP) is 3.11. The molecule has 0 amide bonds. The van der Waals surface area contributed by atoms with Gasteiger partial charge in [0.05, 0.1) is 16.8 Å². The summed E-state index contributed by atoms with van der Waals surface area (Å²) in [5.74, 6) is -0.752. The van der Waals surface area contributed by atoms with E-state index in [-0.39, 0.29) is 16.1 Å². The molecule has 8 heteroatoms. The van der Waals surface area contributed by atoms with Crippen LogP contribution in [0.15, 0.2) is 29.3 Å². The summed E-state index contributed by atoms with van der Waals surface area (Å²) < 4.78 is 28.1. The first-order chi connectivity index (χ1) is 12.7. The number of aromatic carboxylic acids is 1. The van der Waals surface area contributed by atoms with Gasteiger partial charge >= 0.3 is 5.97 Å². The fourth-order valence-corrected chi connectivity index (χ4v) is 4.63. The van der Waals surface area contributed by atoms with Gasteiger partial charge in [-0.25, -0.2) is 18.2 Å². The van der Waals surface area contributed by atoms with Crippen LogP contribution in [0, 0.1) is 20.8 Å². The fraction of sp³-hybridized carbons (Fsp3) is 0.368. The van der Waals surface area contributed by atoms with E-state index in [1.165, 1.54) is 12.3 Å². The first-order valence-corrected chi connectivity index (χ1v) is 10.3. The van der Waals surface area contributed by atoms with Crippen molar-refractivity contribution in [3.8, 4) is 0 Å². The molecule has 2 N–H and O–H groups in total. The van der Waals surface area contributed by atoms with Crippen molar-refractivity contribution in [2.45, 2.75) is 38.5 Å². The highest BCUT2D eigenvalue weighted by molar-refractivity contribution is 7.92. The number of nitrogens with one attached hydrogen (secondary N) is 1. The number of carboxylic acids is 1. The highest BCUT2D eigenvalue weighted by Crippen LogP contribution is 2.27.